The fourth-order valence-electron chi connectivity index (χ4n) is 1.86. The Labute approximate surface area is 100 Å². The largest absolute Gasteiger partial charge is 0.324 e. The average molecular weight is 239 g/mol. The third-order valence-corrected chi connectivity index (χ3v) is 3.06. The number of urea groups is 1. The van der Waals surface area contributed by atoms with E-state index in [1.165, 1.54) is 0 Å². The average Bonchev–Trinajstić information content (AvgIpc) is 2.68. The van der Waals surface area contributed by atoms with E-state index in [1.54, 1.807) is 24.3 Å². The quantitative estimate of drug-likeness (QED) is 0.801. The van der Waals surface area contributed by atoms with Gasteiger partial charge in [-0.2, -0.15) is 0 Å². The van der Waals surface area contributed by atoms with Gasteiger partial charge in [-0.3, -0.25) is 0 Å². The summed E-state index contributed by atoms with van der Waals surface area (Å²) in [5.41, 5.74) is 0.786. The fourth-order valence-corrected chi connectivity index (χ4v) is 1.98. The van der Waals surface area contributed by atoms with Gasteiger partial charge < -0.3 is 10.2 Å². The lowest BCUT2D eigenvalue weighted by molar-refractivity contribution is 0.221. The standard InChI is InChI=1S/C12H15ClN2O/c1-9-6-7-15(8-9)12(16)14-11-4-2-10(13)3-5-11/h2-5,9H,6-8H2,1H3,(H,14,16). The van der Waals surface area contributed by atoms with Crippen molar-refractivity contribution < 1.29 is 4.79 Å². The first-order valence-electron chi connectivity index (χ1n) is 5.46. The summed E-state index contributed by atoms with van der Waals surface area (Å²) in [6.07, 6.45) is 1.09. The zero-order valence-corrected chi connectivity index (χ0v) is 10.00. The minimum absolute atomic E-state index is 0.0216. The number of carbonyl (C=O) groups excluding carboxylic acids is 1. The van der Waals surface area contributed by atoms with Gasteiger partial charge in [0.2, 0.25) is 0 Å². The molecule has 1 aliphatic heterocycles. The van der Waals surface area contributed by atoms with Crippen molar-refractivity contribution in [3.8, 4) is 0 Å². The van der Waals surface area contributed by atoms with Crippen LogP contribution in [0.3, 0.4) is 0 Å². The van der Waals surface area contributed by atoms with Crippen molar-refractivity contribution in [3.63, 3.8) is 0 Å². The van der Waals surface area contributed by atoms with Crippen molar-refractivity contribution >= 4 is 23.3 Å². The molecule has 0 bridgehead atoms. The number of hydrogen-bond donors (Lipinski definition) is 1. The number of anilines is 1. The Kier molecular flexibility index (Phi) is 3.34. The number of nitrogens with one attached hydrogen (secondary N) is 1. The van der Waals surface area contributed by atoms with Crippen LogP contribution in [0.25, 0.3) is 0 Å². The summed E-state index contributed by atoms with van der Waals surface area (Å²) in [5, 5.41) is 3.53. The summed E-state index contributed by atoms with van der Waals surface area (Å²) in [6, 6.07) is 7.12. The molecular formula is C12H15ClN2O. The van der Waals surface area contributed by atoms with Crippen molar-refractivity contribution in [2.75, 3.05) is 18.4 Å². The van der Waals surface area contributed by atoms with Crippen molar-refractivity contribution in [1.29, 1.82) is 0 Å². The second-order valence-electron chi connectivity index (χ2n) is 4.28. The highest BCUT2D eigenvalue weighted by molar-refractivity contribution is 6.30. The predicted octanol–water partition coefficient (Wildman–Crippen LogP) is 3.21. The van der Waals surface area contributed by atoms with E-state index in [0.717, 1.165) is 25.2 Å². The third kappa shape index (κ3) is 2.67. The van der Waals surface area contributed by atoms with E-state index in [-0.39, 0.29) is 6.03 Å². The predicted molar refractivity (Wildman–Crippen MR) is 65.8 cm³/mol. The lowest BCUT2D eigenvalue weighted by Gasteiger charge is -2.16. The molecule has 86 valence electrons. The minimum atomic E-state index is -0.0216. The van der Waals surface area contributed by atoms with Gasteiger partial charge in [-0.15, -0.1) is 0 Å². The Balaban J connectivity index is 1.94. The van der Waals surface area contributed by atoms with Crippen LogP contribution < -0.4 is 5.32 Å². The van der Waals surface area contributed by atoms with Crippen molar-refractivity contribution in [2.45, 2.75) is 13.3 Å². The van der Waals surface area contributed by atoms with Crippen LogP contribution in [-0.2, 0) is 0 Å². The number of halogens is 1. The Morgan fingerprint density at radius 2 is 2.12 bits per heavy atom. The topological polar surface area (TPSA) is 32.3 Å². The van der Waals surface area contributed by atoms with E-state index in [0.29, 0.717) is 10.9 Å². The first-order valence-corrected chi connectivity index (χ1v) is 5.84. The fraction of sp³-hybridized carbons (Fsp3) is 0.417. The summed E-state index contributed by atoms with van der Waals surface area (Å²) in [7, 11) is 0. The molecule has 0 saturated carbocycles. The highest BCUT2D eigenvalue weighted by Crippen LogP contribution is 2.18. The smallest absolute Gasteiger partial charge is 0.321 e. The van der Waals surface area contributed by atoms with E-state index in [4.69, 9.17) is 11.6 Å². The molecule has 1 atom stereocenters. The summed E-state index contributed by atoms with van der Waals surface area (Å²) in [6.45, 7) is 3.86. The summed E-state index contributed by atoms with van der Waals surface area (Å²) in [4.78, 5) is 13.7. The maximum absolute atomic E-state index is 11.8. The number of likely N-dealkylation sites (tertiary alicyclic amines) is 1. The number of hydrogen-bond acceptors (Lipinski definition) is 1. The zero-order chi connectivity index (χ0) is 11.5. The molecule has 1 unspecified atom stereocenters. The number of benzene rings is 1. The molecule has 0 aliphatic carbocycles. The molecule has 1 saturated heterocycles. The number of rotatable bonds is 1. The summed E-state index contributed by atoms with van der Waals surface area (Å²) in [5.74, 6) is 0.607. The van der Waals surface area contributed by atoms with Crippen LogP contribution >= 0.6 is 11.6 Å². The molecule has 4 heteroatoms. The van der Waals surface area contributed by atoms with E-state index in [9.17, 15) is 4.79 Å². The second-order valence-corrected chi connectivity index (χ2v) is 4.71. The van der Waals surface area contributed by atoms with Crippen LogP contribution in [-0.4, -0.2) is 24.0 Å². The molecule has 0 aromatic heterocycles. The first-order chi connectivity index (χ1) is 7.65. The molecule has 1 N–H and O–H groups in total. The van der Waals surface area contributed by atoms with Gasteiger partial charge in [0.15, 0.2) is 0 Å². The summed E-state index contributed by atoms with van der Waals surface area (Å²) >= 11 is 5.77. The molecule has 1 fully saturated rings. The van der Waals surface area contributed by atoms with Crippen LogP contribution in [0.1, 0.15) is 13.3 Å². The van der Waals surface area contributed by atoms with Gasteiger partial charge in [0.25, 0.3) is 0 Å². The molecular weight excluding hydrogens is 224 g/mol. The molecule has 2 amide bonds. The van der Waals surface area contributed by atoms with Gasteiger partial charge in [0.05, 0.1) is 0 Å². The molecule has 1 aromatic carbocycles. The van der Waals surface area contributed by atoms with Gasteiger partial charge >= 0.3 is 6.03 Å². The number of amides is 2. The van der Waals surface area contributed by atoms with E-state index in [2.05, 4.69) is 12.2 Å². The molecule has 1 aliphatic rings. The number of nitrogens with zero attached hydrogens (tertiary/aromatic N) is 1. The van der Waals surface area contributed by atoms with Crippen LogP contribution in [0.4, 0.5) is 10.5 Å². The highest BCUT2D eigenvalue weighted by Gasteiger charge is 2.22. The van der Waals surface area contributed by atoms with Crippen LogP contribution in [0.2, 0.25) is 5.02 Å². The van der Waals surface area contributed by atoms with E-state index < -0.39 is 0 Å². The summed E-state index contributed by atoms with van der Waals surface area (Å²) < 4.78 is 0. The lowest BCUT2D eigenvalue weighted by Crippen LogP contribution is -2.32. The van der Waals surface area contributed by atoms with E-state index in [1.807, 2.05) is 4.90 Å². The lowest BCUT2D eigenvalue weighted by atomic mass is 10.2. The molecule has 2 rings (SSSR count). The van der Waals surface area contributed by atoms with Crippen molar-refractivity contribution in [3.05, 3.63) is 29.3 Å². The molecule has 0 radical (unpaired) electrons. The van der Waals surface area contributed by atoms with Crippen molar-refractivity contribution in [2.24, 2.45) is 5.92 Å². The Bertz CT molecular complexity index is 377. The molecule has 1 heterocycles. The minimum Gasteiger partial charge on any atom is -0.324 e. The van der Waals surface area contributed by atoms with Gasteiger partial charge in [-0.25, -0.2) is 4.79 Å². The van der Waals surface area contributed by atoms with Crippen LogP contribution in [0.5, 0.6) is 0 Å². The van der Waals surface area contributed by atoms with Gasteiger partial charge in [0, 0.05) is 23.8 Å². The normalized spacial score (nSPS) is 19.9. The van der Waals surface area contributed by atoms with Crippen LogP contribution in [0.15, 0.2) is 24.3 Å². The Morgan fingerprint density at radius 1 is 1.44 bits per heavy atom. The van der Waals surface area contributed by atoms with E-state index >= 15 is 0 Å². The zero-order valence-electron chi connectivity index (χ0n) is 9.24. The van der Waals surface area contributed by atoms with Crippen molar-refractivity contribution in [1.82, 2.24) is 4.90 Å². The SMILES string of the molecule is CC1CCN(C(=O)Nc2ccc(Cl)cc2)C1. The Morgan fingerprint density at radius 3 is 2.69 bits per heavy atom. The van der Waals surface area contributed by atoms with Gasteiger partial charge in [-0.05, 0) is 36.6 Å². The number of carbonyl (C=O) groups is 1. The highest BCUT2D eigenvalue weighted by atomic mass is 35.5. The maximum Gasteiger partial charge on any atom is 0.321 e. The monoisotopic (exact) mass is 238 g/mol. The Hall–Kier alpha value is -1.22. The third-order valence-electron chi connectivity index (χ3n) is 2.81. The van der Waals surface area contributed by atoms with Gasteiger partial charge in [-0.1, -0.05) is 18.5 Å². The van der Waals surface area contributed by atoms with Crippen LogP contribution in [0, 0.1) is 5.92 Å². The van der Waals surface area contributed by atoms with Gasteiger partial charge in [0.1, 0.15) is 0 Å². The molecule has 16 heavy (non-hydrogen) atoms. The molecule has 3 nitrogen and oxygen atoms in total. The first kappa shape index (κ1) is 11.3. The molecule has 1 aromatic rings. The maximum atomic E-state index is 11.8. The second kappa shape index (κ2) is 4.74. The molecule has 0 spiro atoms.